The highest BCUT2D eigenvalue weighted by Gasteiger charge is 2.45. The maximum absolute atomic E-state index is 5.33. The van der Waals surface area contributed by atoms with Gasteiger partial charge in [-0.2, -0.15) is 0 Å². The third-order valence-electron chi connectivity index (χ3n) is 2.08. The van der Waals surface area contributed by atoms with E-state index in [1.54, 1.807) is 0 Å². The van der Waals surface area contributed by atoms with Crippen molar-refractivity contribution in [3.8, 4) is 0 Å². The van der Waals surface area contributed by atoms with Gasteiger partial charge in [0.1, 0.15) is 5.76 Å². The summed E-state index contributed by atoms with van der Waals surface area (Å²) in [6.07, 6.45) is 0.186. The van der Waals surface area contributed by atoms with Gasteiger partial charge in [0.2, 0.25) is 9.03 Å². The number of hydrogen-bond acceptors (Lipinski definition) is 2. The fourth-order valence-corrected chi connectivity index (χ4v) is 2.11. The molecule has 1 fully saturated rings. The van der Waals surface area contributed by atoms with Gasteiger partial charge in [0.15, 0.2) is 6.10 Å². The maximum Gasteiger partial charge on any atom is 0.216 e. The van der Waals surface area contributed by atoms with Gasteiger partial charge in [0.25, 0.3) is 0 Å². The van der Waals surface area contributed by atoms with E-state index in [4.69, 9.17) is 9.05 Å². The number of fused-ring (bicyclic) bond motifs is 1. The van der Waals surface area contributed by atoms with E-state index in [1.165, 1.54) is 11.1 Å². The molecule has 0 spiro atoms. The molecule has 1 aliphatic heterocycles. The molecule has 1 aromatic rings. The number of hydrogen-bond donors (Lipinski definition) is 0. The highest BCUT2D eigenvalue weighted by molar-refractivity contribution is 7.27. The van der Waals surface area contributed by atoms with Gasteiger partial charge in [-0.05, 0) is 5.56 Å². The van der Waals surface area contributed by atoms with E-state index >= 15 is 0 Å². The predicted molar refractivity (Wildman–Crippen MR) is 47.6 cm³/mol. The molecule has 1 aliphatic carbocycles. The Morgan fingerprint density at radius 2 is 2.00 bits per heavy atom. The van der Waals surface area contributed by atoms with Crippen molar-refractivity contribution < 1.29 is 9.05 Å². The molecule has 0 amide bonds. The van der Waals surface area contributed by atoms with Crippen LogP contribution in [0.5, 0.6) is 0 Å². The van der Waals surface area contributed by atoms with Crippen LogP contribution in [0.2, 0.25) is 0 Å². The molecule has 2 aliphatic rings. The van der Waals surface area contributed by atoms with E-state index in [0.717, 1.165) is 5.76 Å². The van der Waals surface area contributed by atoms with Crippen molar-refractivity contribution in [1.29, 1.82) is 0 Å². The summed E-state index contributed by atoms with van der Waals surface area (Å²) in [4.78, 5) is 0. The summed E-state index contributed by atoms with van der Waals surface area (Å²) in [6, 6.07) is 10.2. The molecule has 0 N–H and O–H groups in total. The zero-order chi connectivity index (χ0) is 7.97. The van der Waals surface area contributed by atoms with Crippen LogP contribution in [-0.4, -0.2) is 6.10 Å². The molecule has 0 bridgehead atoms. The van der Waals surface area contributed by atoms with Gasteiger partial charge in [-0.1, -0.05) is 30.3 Å². The molecule has 1 aromatic carbocycles. The summed E-state index contributed by atoms with van der Waals surface area (Å²) < 4.78 is 10.6. The normalized spacial score (nSPS) is 27.2. The first-order valence-electron chi connectivity index (χ1n) is 3.84. The predicted octanol–water partition coefficient (Wildman–Crippen LogP) is 2.34. The van der Waals surface area contributed by atoms with Gasteiger partial charge in [0.05, 0.1) is 0 Å². The molecule has 2 nitrogen and oxygen atoms in total. The minimum absolute atomic E-state index is 0.186. The van der Waals surface area contributed by atoms with Gasteiger partial charge in [-0.25, -0.2) is 0 Å². The van der Waals surface area contributed by atoms with E-state index in [0.29, 0.717) is 0 Å². The molecule has 12 heavy (non-hydrogen) atoms. The topological polar surface area (TPSA) is 18.5 Å². The molecular weight excluding hydrogens is 171 g/mol. The van der Waals surface area contributed by atoms with E-state index in [-0.39, 0.29) is 15.1 Å². The van der Waals surface area contributed by atoms with Crippen LogP contribution in [-0.2, 0) is 9.05 Å². The average Bonchev–Trinajstić information content (AvgIpc) is 2.62. The van der Waals surface area contributed by atoms with Crippen LogP contribution in [0.4, 0.5) is 0 Å². The van der Waals surface area contributed by atoms with Crippen molar-refractivity contribution in [2.75, 3.05) is 0 Å². The zero-order valence-corrected chi connectivity index (χ0v) is 7.28. The van der Waals surface area contributed by atoms with Crippen molar-refractivity contribution in [2.45, 2.75) is 6.10 Å². The number of rotatable bonds is 1. The SMILES string of the molecule is c1ccc(C2=C3OPOC32)cc1. The van der Waals surface area contributed by atoms with Crippen molar-refractivity contribution in [3.05, 3.63) is 41.7 Å². The Labute approximate surface area is 72.1 Å². The second-order valence-electron chi connectivity index (χ2n) is 2.83. The lowest BCUT2D eigenvalue weighted by molar-refractivity contribution is 0.390. The standard InChI is InChI=1S/C9H7O2P/c1-2-4-6(5-3-1)7-8-9(7)11-12-10-8/h1-5,8,12H. The molecule has 2 atom stereocenters. The Balaban J connectivity index is 1.98. The van der Waals surface area contributed by atoms with E-state index in [9.17, 15) is 0 Å². The molecule has 2 unspecified atom stereocenters. The summed E-state index contributed by atoms with van der Waals surface area (Å²) in [5.41, 5.74) is 2.45. The largest absolute Gasteiger partial charge is 0.450 e. The smallest absolute Gasteiger partial charge is 0.216 e. The lowest BCUT2D eigenvalue weighted by Crippen LogP contribution is -1.85. The molecule has 3 rings (SSSR count). The van der Waals surface area contributed by atoms with E-state index < -0.39 is 0 Å². The van der Waals surface area contributed by atoms with Crippen molar-refractivity contribution in [2.24, 2.45) is 0 Å². The first kappa shape index (κ1) is 6.64. The molecule has 0 radical (unpaired) electrons. The second-order valence-corrected chi connectivity index (χ2v) is 3.43. The highest BCUT2D eigenvalue weighted by Crippen LogP contribution is 2.54. The van der Waals surface area contributed by atoms with Gasteiger partial charge in [-0.15, -0.1) is 0 Å². The summed E-state index contributed by atoms with van der Waals surface area (Å²) in [7, 11) is 0.212. The first-order chi connectivity index (χ1) is 5.97. The van der Waals surface area contributed by atoms with E-state index in [2.05, 4.69) is 12.1 Å². The average molecular weight is 178 g/mol. The third kappa shape index (κ3) is 0.825. The van der Waals surface area contributed by atoms with Crippen LogP contribution in [0, 0.1) is 0 Å². The van der Waals surface area contributed by atoms with Crippen molar-refractivity contribution in [3.63, 3.8) is 0 Å². The lowest BCUT2D eigenvalue weighted by atomic mass is 10.2. The molecule has 3 heteroatoms. The van der Waals surface area contributed by atoms with Crippen LogP contribution < -0.4 is 0 Å². The molecule has 60 valence electrons. The quantitative estimate of drug-likeness (QED) is 0.614. The van der Waals surface area contributed by atoms with Crippen LogP contribution in [0.15, 0.2) is 36.1 Å². The summed E-state index contributed by atoms with van der Waals surface area (Å²) >= 11 is 0. The van der Waals surface area contributed by atoms with E-state index in [1.807, 2.05) is 18.2 Å². The maximum atomic E-state index is 5.33. The van der Waals surface area contributed by atoms with Crippen molar-refractivity contribution >= 4 is 14.6 Å². The monoisotopic (exact) mass is 178 g/mol. The minimum Gasteiger partial charge on any atom is -0.450 e. The fraction of sp³-hybridized carbons (Fsp3) is 0.111. The summed E-state index contributed by atoms with van der Waals surface area (Å²) in [5, 5.41) is 0. The zero-order valence-electron chi connectivity index (χ0n) is 6.28. The van der Waals surface area contributed by atoms with Gasteiger partial charge < -0.3 is 9.05 Å². The Morgan fingerprint density at radius 3 is 2.67 bits per heavy atom. The third-order valence-corrected chi connectivity index (χ3v) is 2.72. The summed E-state index contributed by atoms with van der Waals surface area (Å²) in [5.74, 6) is 1.04. The molecular formula is C9H7O2P. The Kier molecular flexibility index (Phi) is 1.28. The Bertz CT molecular complexity index is 345. The van der Waals surface area contributed by atoms with Crippen LogP contribution >= 0.6 is 9.03 Å². The van der Waals surface area contributed by atoms with Gasteiger partial charge in [0, 0.05) is 5.57 Å². The van der Waals surface area contributed by atoms with Crippen molar-refractivity contribution in [1.82, 2.24) is 0 Å². The summed E-state index contributed by atoms with van der Waals surface area (Å²) in [6.45, 7) is 0. The highest BCUT2D eigenvalue weighted by atomic mass is 31.1. The van der Waals surface area contributed by atoms with Gasteiger partial charge >= 0.3 is 0 Å². The van der Waals surface area contributed by atoms with Crippen LogP contribution in [0.3, 0.4) is 0 Å². The van der Waals surface area contributed by atoms with Crippen LogP contribution in [0.25, 0.3) is 5.57 Å². The molecule has 1 heterocycles. The van der Waals surface area contributed by atoms with Crippen LogP contribution in [0.1, 0.15) is 5.56 Å². The molecule has 0 aromatic heterocycles. The Morgan fingerprint density at radius 1 is 1.17 bits per heavy atom. The number of benzene rings is 1. The Hall–Kier alpha value is -0.850. The molecule has 0 saturated carbocycles. The second kappa shape index (κ2) is 2.32. The molecule has 1 saturated heterocycles. The fourth-order valence-electron chi connectivity index (χ4n) is 1.43. The lowest BCUT2D eigenvalue weighted by Gasteiger charge is -1.96. The first-order valence-corrected chi connectivity index (χ1v) is 4.65. The minimum atomic E-state index is 0.186. The van der Waals surface area contributed by atoms with Gasteiger partial charge in [-0.3, -0.25) is 0 Å².